The van der Waals surface area contributed by atoms with E-state index in [-0.39, 0.29) is 22.7 Å². The van der Waals surface area contributed by atoms with Crippen molar-refractivity contribution in [2.24, 2.45) is 0 Å². The summed E-state index contributed by atoms with van der Waals surface area (Å²) < 4.78 is 0. The Labute approximate surface area is 202 Å². The van der Waals surface area contributed by atoms with Crippen LogP contribution in [0.4, 0.5) is 11.4 Å². The molecule has 33 heavy (non-hydrogen) atoms. The van der Waals surface area contributed by atoms with Crippen LogP contribution >= 0.6 is 23.2 Å². The molecule has 2 N–H and O–H groups in total. The number of aryl methyl sites for hydroxylation is 1. The number of rotatable bonds is 6. The van der Waals surface area contributed by atoms with Gasteiger partial charge in [-0.3, -0.25) is 14.4 Å². The number of amides is 3. The number of halogens is 2. The van der Waals surface area contributed by atoms with Gasteiger partial charge in [-0.2, -0.15) is 0 Å². The Bertz CT molecular complexity index is 1120. The molecular formula is C25H25Cl2N3O3. The van der Waals surface area contributed by atoms with Gasteiger partial charge in [-0.1, -0.05) is 60.7 Å². The lowest BCUT2D eigenvalue weighted by Crippen LogP contribution is -2.37. The average molecular weight is 486 g/mol. The largest absolute Gasteiger partial charge is 0.353 e. The Morgan fingerprint density at radius 2 is 1.70 bits per heavy atom. The molecule has 0 atom stereocenters. The fourth-order valence-corrected chi connectivity index (χ4v) is 4.52. The van der Waals surface area contributed by atoms with E-state index in [9.17, 15) is 14.4 Å². The quantitative estimate of drug-likeness (QED) is 0.559. The van der Waals surface area contributed by atoms with Crippen LogP contribution in [-0.2, 0) is 20.8 Å². The van der Waals surface area contributed by atoms with Gasteiger partial charge in [0.15, 0.2) is 0 Å². The maximum Gasteiger partial charge on any atom is 0.283 e. The molecule has 4 rings (SSSR count). The summed E-state index contributed by atoms with van der Waals surface area (Å²) in [5.74, 6) is -1.15. The third-order valence-corrected chi connectivity index (χ3v) is 6.76. The average Bonchev–Trinajstić information content (AvgIpc) is 3.01. The summed E-state index contributed by atoms with van der Waals surface area (Å²) >= 11 is 12.4. The molecule has 0 spiro atoms. The number of hydrogen-bond acceptors (Lipinski definition) is 4. The molecule has 1 fully saturated rings. The van der Waals surface area contributed by atoms with E-state index in [1.807, 2.05) is 19.1 Å². The first-order chi connectivity index (χ1) is 15.8. The van der Waals surface area contributed by atoms with Gasteiger partial charge in [-0.15, -0.1) is 0 Å². The monoisotopic (exact) mass is 485 g/mol. The van der Waals surface area contributed by atoms with Gasteiger partial charge in [0, 0.05) is 16.8 Å². The molecule has 0 aromatic heterocycles. The van der Waals surface area contributed by atoms with Crippen molar-refractivity contribution >= 4 is 52.3 Å². The van der Waals surface area contributed by atoms with Crippen LogP contribution in [-0.4, -0.2) is 23.8 Å². The van der Waals surface area contributed by atoms with Crippen LogP contribution in [0.2, 0.25) is 5.02 Å². The van der Waals surface area contributed by atoms with Gasteiger partial charge in [0.05, 0.1) is 12.1 Å². The molecule has 1 saturated carbocycles. The highest BCUT2D eigenvalue weighted by atomic mass is 35.5. The van der Waals surface area contributed by atoms with Gasteiger partial charge in [0.1, 0.15) is 10.7 Å². The number of carbonyl (C=O) groups is 3. The maximum absolute atomic E-state index is 12.9. The zero-order chi connectivity index (χ0) is 23.5. The molecule has 2 aromatic rings. The second-order valence-electron chi connectivity index (χ2n) is 8.47. The highest BCUT2D eigenvalue weighted by Crippen LogP contribution is 2.32. The van der Waals surface area contributed by atoms with E-state index in [4.69, 9.17) is 23.2 Å². The minimum absolute atomic E-state index is 0.00107. The number of nitrogens with zero attached hydrogens (tertiary/aromatic N) is 1. The molecule has 0 radical (unpaired) electrons. The van der Waals surface area contributed by atoms with Crippen LogP contribution in [0.15, 0.2) is 53.2 Å². The second-order valence-corrected chi connectivity index (χ2v) is 9.25. The summed E-state index contributed by atoms with van der Waals surface area (Å²) in [6, 6.07) is 12.4. The summed E-state index contributed by atoms with van der Waals surface area (Å²) in [7, 11) is 0. The fourth-order valence-electron chi connectivity index (χ4n) is 4.13. The molecule has 1 heterocycles. The number of anilines is 2. The molecular weight excluding hydrogens is 461 g/mol. The van der Waals surface area contributed by atoms with Crippen molar-refractivity contribution in [1.82, 2.24) is 5.32 Å². The van der Waals surface area contributed by atoms with Gasteiger partial charge in [0.2, 0.25) is 5.91 Å². The Balaban J connectivity index is 1.40. The topological polar surface area (TPSA) is 78.5 Å². The van der Waals surface area contributed by atoms with Gasteiger partial charge < -0.3 is 10.6 Å². The smallest absolute Gasteiger partial charge is 0.283 e. The van der Waals surface area contributed by atoms with E-state index in [2.05, 4.69) is 10.6 Å². The standard InChI is InChI=1S/C25H25Cl2N3O3/c1-15-7-12-19(14-20(15)26)30-24(32)22(27)23(25(30)33)29-18-10-8-16(9-11-18)13-21(31)28-17-5-3-2-4-6-17/h7-12,14,17,29H,2-6,13H2,1H3,(H,28,31). The highest BCUT2D eigenvalue weighted by Gasteiger charge is 2.39. The summed E-state index contributed by atoms with van der Waals surface area (Å²) in [6.45, 7) is 1.83. The minimum atomic E-state index is -0.611. The van der Waals surface area contributed by atoms with Crippen molar-refractivity contribution in [3.05, 3.63) is 69.3 Å². The van der Waals surface area contributed by atoms with E-state index < -0.39 is 11.8 Å². The van der Waals surface area contributed by atoms with Crippen molar-refractivity contribution in [2.45, 2.75) is 51.5 Å². The lowest BCUT2D eigenvalue weighted by atomic mass is 9.95. The summed E-state index contributed by atoms with van der Waals surface area (Å²) in [5, 5.41) is 6.32. The summed E-state index contributed by atoms with van der Waals surface area (Å²) in [4.78, 5) is 38.9. The number of carbonyl (C=O) groups excluding carboxylic acids is 3. The molecule has 2 aliphatic rings. The van der Waals surface area contributed by atoms with Crippen LogP contribution < -0.4 is 15.5 Å². The second kappa shape index (κ2) is 9.98. The molecule has 2 aromatic carbocycles. The first kappa shape index (κ1) is 23.3. The maximum atomic E-state index is 12.9. The van der Waals surface area contributed by atoms with E-state index in [1.54, 1.807) is 30.3 Å². The molecule has 3 amide bonds. The summed E-state index contributed by atoms with van der Waals surface area (Å²) in [5.41, 5.74) is 2.64. The third kappa shape index (κ3) is 5.23. The predicted octanol–water partition coefficient (Wildman–Crippen LogP) is 5.08. The van der Waals surface area contributed by atoms with E-state index in [0.29, 0.717) is 22.8 Å². The van der Waals surface area contributed by atoms with Crippen LogP contribution in [0.25, 0.3) is 0 Å². The zero-order valence-corrected chi connectivity index (χ0v) is 19.8. The molecule has 8 heteroatoms. The highest BCUT2D eigenvalue weighted by molar-refractivity contribution is 6.53. The molecule has 1 aliphatic heterocycles. The van der Waals surface area contributed by atoms with Gasteiger partial charge in [0.25, 0.3) is 11.8 Å². The van der Waals surface area contributed by atoms with Crippen LogP contribution in [0, 0.1) is 6.92 Å². The number of benzene rings is 2. The molecule has 1 aliphatic carbocycles. The molecule has 172 valence electrons. The number of hydrogen-bond donors (Lipinski definition) is 2. The van der Waals surface area contributed by atoms with Crippen molar-refractivity contribution < 1.29 is 14.4 Å². The molecule has 0 saturated heterocycles. The van der Waals surface area contributed by atoms with Crippen molar-refractivity contribution in [1.29, 1.82) is 0 Å². The number of imide groups is 1. The van der Waals surface area contributed by atoms with E-state index in [0.717, 1.165) is 28.9 Å². The Kier molecular flexibility index (Phi) is 7.05. The van der Waals surface area contributed by atoms with Crippen LogP contribution in [0.3, 0.4) is 0 Å². The van der Waals surface area contributed by atoms with Gasteiger partial charge in [-0.05, 0) is 55.2 Å². The Morgan fingerprint density at radius 1 is 1.00 bits per heavy atom. The van der Waals surface area contributed by atoms with Crippen molar-refractivity contribution in [3.8, 4) is 0 Å². The zero-order valence-electron chi connectivity index (χ0n) is 18.3. The van der Waals surface area contributed by atoms with E-state index in [1.165, 1.54) is 19.3 Å². The minimum Gasteiger partial charge on any atom is -0.353 e. The Morgan fingerprint density at radius 3 is 2.36 bits per heavy atom. The van der Waals surface area contributed by atoms with Crippen molar-refractivity contribution in [3.63, 3.8) is 0 Å². The molecule has 0 bridgehead atoms. The normalized spacial score (nSPS) is 17.0. The first-order valence-electron chi connectivity index (χ1n) is 11.0. The lowest BCUT2D eigenvalue weighted by Gasteiger charge is -2.22. The van der Waals surface area contributed by atoms with Crippen molar-refractivity contribution in [2.75, 3.05) is 10.2 Å². The first-order valence-corrected chi connectivity index (χ1v) is 11.8. The van der Waals surface area contributed by atoms with Crippen LogP contribution in [0.1, 0.15) is 43.2 Å². The third-order valence-electron chi connectivity index (χ3n) is 6.00. The van der Waals surface area contributed by atoms with Gasteiger partial charge in [-0.25, -0.2) is 4.90 Å². The summed E-state index contributed by atoms with van der Waals surface area (Å²) in [6.07, 6.45) is 5.95. The van der Waals surface area contributed by atoms with Gasteiger partial charge >= 0.3 is 0 Å². The Hall–Kier alpha value is -2.83. The SMILES string of the molecule is Cc1ccc(N2C(=O)C(Cl)=C(Nc3ccc(CC(=O)NC4CCCCC4)cc3)C2=O)cc1Cl. The predicted molar refractivity (Wildman–Crippen MR) is 130 cm³/mol. The van der Waals surface area contributed by atoms with Crippen LogP contribution in [0.5, 0.6) is 0 Å². The van der Waals surface area contributed by atoms with E-state index >= 15 is 0 Å². The molecule has 6 nitrogen and oxygen atoms in total. The lowest BCUT2D eigenvalue weighted by molar-refractivity contribution is -0.122. The fraction of sp³-hybridized carbons (Fsp3) is 0.320. The number of nitrogens with one attached hydrogen (secondary N) is 2. The molecule has 0 unspecified atom stereocenters.